The summed E-state index contributed by atoms with van der Waals surface area (Å²) in [4.78, 5) is 8.63. The number of nitrogens with zero attached hydrogens (tertiary/aromatic N) is 2. The Labute approximate surface area is 153 Å². The van der Waals surface area contributed by atoms with Crippen LogP contribution in [0.4, 0.5) is 17.3 Å². The second kappa shape index (κ2) is 7.87. The van der Waals surface area contributed by atoms with E-state index >= 15 is 0 Å². The van der Waals surface area contributed by atoms with Gasteiger partial charge in [0.2, 0.25) is 0 Å². The molecular weight excluding hydrogens is 324 g/mol. The Morgan fingerprint density at radius 3 is 2.27 bits per heavy atom. The lowest BCUT2D eigenvalue weighted by Crippen LogP contribution is -2.15. The molecule has 26 heavy (non-hydrogen) atoms. The minimum atomic E-state index is 0.534. The van der Waals surface area contributed by atoms with Gasteiger partial charge < -0.3 is 15.4 Å². The number of nitrogens with one attached hydrogen (secondary N) is 2. The zero-order valence-corrected chi connectivity index (χ0v) is 14.6. The number of benzene rings is 2. The number of ether oxygens (including phenoxy) is 1. The zero-order chi connectivity index (χ0) is 17.6. The summed E-state index contributed by atoms with van der Waals surface area (Å²) in [5.41, 5.74) is 0.955. The highest BCUT2D eigenvalue weighted by molar-refractivity contribution is 5.59. The molecule has 132 valence electrons. The Kier molecular flexibility index (Phi) is 4.96. The van der Waals surface area contributed by atoms with Gasteiger partial charge in [0.1, 0.15) is 29.5 Å². The average molecular weight is 346 g/mol. The molecule has 1 fully saturated rings. The van der Waals surface area contributed by atoms with Gasteiger partial charge in [-0.25, -0.2) is 9.97 Å². The van der Waals surface area contributed by atoms with E-state index in [1.165, 1.54) is 25.7 Å². The van der Waals surface area contributed by atoms with Crippen molar-refractivity contribution in [2.75, 3.05) is 10.6 Å². The summed E-state index contributed by atoms with van der Waals surface area (Å²) < 4.78 is 5.81. The maximum Gasteiger partial charge on any atom is 0.135 e. The highest BCUT2D eigenvalue weighted by Gasteiger charge is 2.15. The Bertz CT molecular complexity index is 830. The molecule has 4 rings (SSSR count). The van der Waals surface area contributed by atoms with Crippen LogP contribution in [-0.2, 0) is 0 Å². The summed E-state index contributed by atoms with van der Waals surface area (Å²) >= 11 is 0. The van der Waals surface area contributed by atoms with Gasteiger partial charge >= 0.3 is 0 Å². The predicted molar refractivity (Wildman–Crippen MR) is 104 cm³/mol. The van der Waals surface area contributed by atoms with E-state index in [0.29, 0.717) is 6.04 Å². The summed E-state index contributed by atoms with van der Waals surface area (Å²) in [6.45, 7) is 0. The van der Waals surface area contributed by atoms with Gasteiger partial charge in [0.15, 0.2) is 0 Å². The number of rotatable bonds is 6. The lowest BCUT2D eigenvalue weighted by molar-refractivity contribution is 0.483. The number of hydrogen-bond acceptors (Lipinski definition) is 5. The van der Waals surface area contributed by atoms with Crippen LogP contribution in [0, 0.1) is 0 Å². The first-order valence-corrected chi connectivity index (χ1v) is 9.04. The van der Waals surface area contributed by atoms with Crippen molar-refractivity contribution >= 4 is 17.3 Å². The molecule has 0 bridgehead atoms. The van der Waals surface area contributed by atoms with Crippen LogP contribution in [0.1, 0.15) is 25.7 Å². The summed E-state index contributed by atoms with van der Waals surface area (Å²) in [6.07, 6.45) is 6.62. The standard InChI is InChI=1S/C21H22N4O/c1-2-8-18(9-3-1)26-19-12-10-17(11-13-19)25-21-14-20(22-15-23-21)24-16-6-4-5-7-16/h1-3,8-16H,4-7H2,(H2,22,23,24,25). The molecule has 0 amide bonds. The lowest BCUT2D eigenvalue weighted by atomic mass is 10.2. The second-order valence-electron chi connectivity index (χ2n) is 6.48. The fourth-order valence-electron chi connectivity index (χ4n) is 3.16. The predicted octanol–water partition coefficient (Wildman–Crippen LogP) is 5.37. The first kappa shape index (κ1) is 16.4. The molecule has 1 heterocycles. The van der Waals surface area contributed by atoms with Gasteiger partial charge in [-0.05, 0) is 49.2 Å². The van der Waals surface area contributed by atoms with Gasteiger partial charge in [-0.1, -0.05) is 31.0 Å². The van der Waals surface area contributed by atoms with E-state index in [1.54, 1.807) is 6.33 Å². The fourth-order valence-corrected chi connectivity index (χ4v) is 3.16. The molecule has 0 radical (unpaired) electrons. The van der Waals surface area contributed by atoms with Crippen LogP contribution in [-0.4, -0.2) is 16.0 Å². The lowest BCUT2D eigenvalue weighted by Gasteiger charge is -2.13. The van der Waals surface area contributed by atoms with Gasteiger partial charge in [-0.3, -0.25) is 0 Å². The molecule has 0 saturated heterocycles. The highest BCUT2D eigenvalue weighted by atomic mass is 16.5. The van der Waals surface area contributed by atoms with E-state index in [-0.39, 0.29) is 0 Å². The number of aromatic nitrogens is 2. The first-order chi connectivity index (χ1) is 12.8. The molecular formula is C21H22N4O. The van der Waals surface area contributed by atoms with E-state index in [2.05, 4.69) is 20.6 Å². The molecule has 5 nitrogen and oxygen atoms in total. The number of hydrogen-bond donors (Lipinski definition) is 2. The van der Waals surface area contributed by atoms with Gasteiger partial charge in [-0.2, -0.15) is 0 Å². The molecule has 0 aliphatic heterocycles. The maximum absolute atomic E-state index is 5.81. The Morgan fingerprint density at radius 2 is 1.50 bits per heavy atom. The fraction of sp³-hybridized carbons (Fsp3) is 0.238. The molecule has 1 aliphatic carbocycles. The second-order valence-corrected chi connectivity index (χ2v) is 6.48. The molecule has 2 N–H and O–H groups in total. The van der Waals surface area contributed by atoms with Gasteiger partial charge in [0, 0.05) is 17.8 Å². The molecule has 5 heteroatoms. The van der Waals surface area contributed by atoms with Crippen LogP contribution in [0.25, 0.3) is 0 Å². The van der Waals surface area contributed by atoms with Gasteiger partial charge in [-0.15, -0.1) is 0 Å². The van der Waals surface area contributed by atoms with Crippen LogP contribution in [0.3, 0.4) is 0 Å². The van der Waals surface area contributed by atoms with E-state index in [9.17, 15) is 0 Å². The number of anilines is 3. The van der Waals surface area contributed by atoms with Crippen LogP contribution < -0.4 is 15.4 Å². The van der Waals surface area contributed by atoms with Crippen molar-refractivity contribution in [1.29, 1.82) is 0 Å². The summed E-state index contributed by atoms with van der Waals surface area (Å²) in [5, 5.41) is 6.81. The van der Waals surface area contributed by atoms with E-state index < -0.39 is 0 Å². The first-order valence-electron chi connectivity index (χ1n) is 9.04. The third-order valence-corrected chi connectivity index (χ3v) is 4.48. The number of para-hydroxylation sites is 1. The van der Waals surface area contributed by atoms with Crippen LogP contribution in [0.2, 0.25) is 0 Å². The van der Waals surface area contributed by atoms with Crippen LogP contribution in [0.15, 0.2) is 67.0 Å². The average Bonchev–Trinajstić information content (AvgIpc) is 3.18. The van der Waals surface area contributed by atoms with Crippen molar-refractivity contribution in [2.45, 2.75) is 31.7 Å². The summed E-state index contributed by atoms with van der Waals surface area (Å²) in [6, 6.07) is 20.1. The van der Waals surface area contributed by atoms with Gasteiger partial charge in [0.25, 0.3) is 0 Å². The van der Waals surface area contributed by atoms with E-state index in [4.69, 9.17) is 4.74 Å². The summed E-state index contributed by atoms with van der Waals surface area (Å²) in [7, 11) is 0. The molecule has 1 aromatic heterocycles. The normalized spacial score (nSPS) is 14.2. The molecule has 0 unspecified atom stereocenters. The topological polar surface area (TPSA) is 59.1 Å². The van der Waals surface area contributed by atoms with Crippen LogP contribution >= 0.6 is 0 Å². The molecule has 3 aromatic rings. The third-order valence-electron chi connectivity index (χ3n) is 4.48. The zero-order valence-electron chi connectivity index (χ0n) is 14.6. The van der Waals surface area contributed by atoms with Crippen molar-refractivity contribution in [3.05, 3.63) is 67.0 Å². The molecule has 0 spiro atoms. The Balaban J connectivity index is 1.39. The SMILES string of the molecule is c1ccc(Oc2ccc(Nc3cc(NC4CCCC4)ncn3)cc2)cc1. The van der Waals surface area contributed by atoms with Crippen molar-refractivity contribution in [3.8, 4) is 11.5 Å². The van der Waals surface area contributed by atoms with Crippen molar-refractivity contribution < 1.29 is 4.74 Å². The van der Waals surface area contributed by atoms with E-state index in [0.717, 1.165) is 28.8 Å². The minimum absolute atomic E-state index is 0.534. The smallest absolute Gasteiger partial charge is 0.135 e. The van der Waals surface area contributed by atoms with Crippen molar-refractivity contribution in [3.63, 3.8) is 0 Å². The largest absolute Gasteiger partial charge is 0.457 e. The van der Waals surface area contributed by atoms with Crippen molar-refractivity contribution in [2.24, 2.45) is 0 Å². The summed E-state index contributed by atoms with van der Waals surface area (Å²) in [5.74, 6) is 3.27. The molecule has 1 aliphatic rings. The quantitative estimate of drug-likeness (QED) is 0.628. The van der Waals surface area contributed by atoms with Crippen molar-refractivity contribution in [1.82, 2.24) is 9.97 Å². The maximum atomic E-state index is 5.81. The Hall–Kier alpha value is -3.08. The van der Waals surface area contributed by atoms with E-state index in [1.807, 2.05) is 60.7 Å². The van der Waals surface area contributed by atoms with Gasteiger partial charge in [0.05, 0.1) is 0 Å². The highest BCUT2D eigenvalue weighted by Crippen LogP contribution is 2.25. The molecule has 0 atom stereocenters. The minimum Gasteiger partial charge on any atom is -0.457 e. The molecule has 1 saturated carbocycles. The van der Waals surface area contributed by atoms with Crippen LogP contribution in [0.5, 0.6) is 11.5 Å². The molecule has 2 aromatic carbocycles. The monoisotopic (exact) mass is 346 g/mol. The Morgan fingerprint density at radius 1 is 0.808 bits per heavy atom. The third kappa shape index (κ3) is 4.30.